The van der Waals surface area contributed by atoms with E-state index in [-0.39, 0.29) is 12.4 Å². The highest BCUT2D eigenvalue weighted by molar-refractivity contribution is 6.09. The lowest BCUT2D eigenvalue weighted by Gasteiger charge is -2.27. The lowest BCUT2D eigenvalue weighted by atomic mass is 9.86. The van der Waals surface area contributed by atoms with E-state index in [4.69, 9.17) is 4.74 Å². The van der Waals surface area contributed by atoms with E-state index in [0.717, 1.165) is 11.3 Å². The lowest BCUT2D eigenvalue weighted by Crippen LogP contribution is -2.35. The Morgan fingerprint density at radius 1 is 0.821 bits per heavy atom. The second-order valence-electron chi connectivity index (χ2n) is 6.36. The number of carbonyl (C=O) groups excluding carboxylic acids is 2. The van der Waals surface area contributed by atoms with E-state index in [1.54, 1.807) is 31.2 Å². The van der Waals surface area contributed by atoms with Gasteiger partial charge in [-0.15, -0.1) is 0 Å². The molecule has 3 aromatic rings. The molecule has 3 rings (SSSR count). The molecule has 0 bridgehead atoms. The van der Waals surface area contributed by atoms with Gasteiger partial charge in [0.2, 0.25) is 0 Å². The van der Waals surface area contributed by atoms with Gasteiger partial charge in [0.1, 0.15) is 5.92 Å². The molecule has 0 fully saturated rings. The fourth-order valence-corrected chi connectivity index (χ4v) is 3.14. The summed E-state index contributed by atoms with van der Waals surface area (Å²) < 4.78 is 5.29. The quantitative estimate of drug-likeness (QED) is 0.347. The maximum Gasteiger partial charge on any atom is 0.319 e. The number of Topliss-reactive ketones (excluding diaryl/α,β-unsaturated/α-hetero) is 1. The van der Waals surface area contributed by atoms with Gasteiger partial charge in [-0.25, -0.2) is 0 Å². The zero-order chi connectivity index (χ0) is 19.8. The van der Waals surface area contributed by atoms with Gasteiger partial charge < -0.3 is 10.1 Å². The van der Waals surface area contributed by atoms with E-state index >= 15 is 0 Å². The van der Waals surface area contributed by atoms with Gasteiger partial charge in [0.05, 0.1) is 12.6 Å². The fraction of sp³-hybridized carbons (Fsp3) is 0.167. The number of ether oxygens (including phenoxy) is 1. The molecule has 0 aliphatic rings. The van der Waals surface area contributed by atoms with Crippen molar-refractivity contribution in [2.45, 2.75) is 13.0 Å². The molecule has 0 aliphatic heterocycles. The first-order valence-electron chi connectivity index (χ1n) is 9.33. The standard InChI is InChI=1S/C24H23NO3/c1-2-28-24(27)21(23(26)19-14-8-4-9-15-19)22(18-12-6-3-7-13-18)25-20-16-10-5-11-17-20/h3-17,21-22,25H,2H2,1H3. The predicted molar refractivity (Wildman–Crippen MR) is 110 cm³/mol. The van der Waals surface area contributed by atoms with Crippen LogP contribution in [0.1, 0.15) is 28.9 Å². The second kappa shape index (κ2) is 9.51. The molecular formula is C24H23NO3. The topological polar surface area (TPSA) is 55.4 Å². The number of benzene rings is 3. The summed E-state index contributed by atoms with van der Waals surface area (Å²) in [5.74, 6) is -1.81. The van der Waals surface area contributed by atoms with Crippen molar-refractivity contribution >= 4 is 17.4 Å². The van der Waals surface area contributed by atoms with Crippen LogP contribution in [-0.4, -0.2) is 18.4 Å². The van der Waals surface area contributed by atoms with Crippen LogP contribution >= 0.6 is 0 Å². The smallest absolute Gasteiger partial charge is 0.319 e. The van der Waals surface area contributed by atoms with Gasteiger partial charge in [-0.1, -0.05) is 78.9 Å². The minimum Gasteiger partial charge on any atom is -0.465 e. The summed E-state index contributed by atoms with van der Waals surface area (Å²) in [4.78, 5) is 26.2. The number of anilines is 1. The highest BCUT2D eigenvalue weighted by Crippen LogP contribution is 2.30. The fourth-order valence-electron chi connectivity index (χ4n) is 3.14. The monoisotopic (exact) mass is 373 g/mol. The van der Waals surface area contributed by atoms with Gasteiger partial charge in [-0.05, 0) is 24.6 Å². The zero-order valence-corrected chi connectivity index (χ0v) is 15.7. The number of nitrogens with one attached hydrogen (secondary N) is 1. The predicted octanol–water partition coefficient (Wildman–Crippen LogP) is 4.90. The van der Waals surface area contributed by atoms with Crippen LogP contribution in [0.5, 0.6) is 0 Å². The van der Waals surface area contributed by atoms with Gasteiger partial charge in [-0.2, -0.15) is 0 Å². The van der Waals surface area contributed by atoms with Gasteiger partial charge in [0, 0.05) is 11.3 Å². The van der Waals surface area contributed by atoms with Gasteiger partial charge in [0.25, 0.3) is 0 Å². The molecule has 2 unspecified atom stereocenters. The molecule has 0 saturated carbocycles. The van der Waals surface area contributed by atoms with E-state index in [9.17, 15) is 9.59 Å². The molecule has 1 N–H and O–H groups in total. The molecular weight excluding hydrogens is 350 g/mol. The summed E-state index contributed by atoms with van der Waals surface area (Å²) in [6.07, 6.45) is 0. The molecule has 0 radical (unpaired) electrons. The Morgan fingerprint density at radius 2 is 1.36 bits per heavy atom. The third kappa shape index (κ3) is 4.65. The van der Waals surface area contributed by atoms with E-state index < -0.39 is 17.9 Å². The van der Waals surface area contributed by atoms with Gasteiger partial charge in [-0.3, -0.25) is 9.59 Å². The van der Waals surface area contributed by atoms with Crippen molar-refractivity contribution in [3.63, 3.8) is 0 Å². The van der Waals surface area contributed by atoms with Crippen molar-refractivity contribution in [3.8, 4) is 0 Å². The largest absolute Gasteiger partial charge is 0.465 e. The molecule has 3 aromatic carbocycles. The zero-order valence-electron chi connectivity index (χ0n) is 15.7. The number of esters is 1. The Hall–Kier alpha value is -3.40. The van der Waals surface area contributed by atoms with E-state index in [0.29, 0.717) is 5.56 Å². The summed E-state index contributed by atoms with van der Waals surface area (Å²) in [6.45, 7) is 1.95. The van der Waals surface area contributed by atoms with Crippen molar-refractivity contribution in [3.05, 3.63) is 102 Å². The Morgan fingerprint density at radius 3 is 1.93 bits per heavy atom. The highest BCUT2D eigenvalue weighted by Gasteiger charge is 2.37. The summed E-state index contributed by atoms with van der Waals surface area (Å²) in [7, 11) is 0. The second-order valence-corrected chi connectivity index (χ2v) is 6.36. The molecule has 28 heavy (non-hydrogen) atoms. The number of ketones is 1. The van der Waals surface area contributed by atoms with Gasteiger partial charge >= 0.3 is 5.97 Å². The van der Waals surface area contributed by atoms with Crippen molar-refractivity contribution in [1.29, 1.82) is 0 Å². The lowest BCUT2D eigenvalue weighted by molar-refractivity contribution is -0.146. The summed E-state index contributed by atoms with van der Waals surface area (Å²) in [6, 6.07) is 27.4. The molecule has 0 amide bonds. The maximum absolute atomic E-state index is 13.3. The van der Waals surface area contributed by atoms with E-state index in [1.165, 1.54) is 0 Å². The van der Waals surface area contributed by atoms with E-state index in [1.807, 2.05) is 66.7 Å². The van der Waals surface area contributed by atoms with Gasteiger partial charge in [0.15, 0.2) is 5.78 Å². The van der Waals surface area contributed by atoms with Crippen LogP contribution in [0.15, 0.2) is 91.0 Å². The van der Waals surface area contributed by atoms with Crippen molar-refractivity contribution in [1.82, 2.24) is 0 Å². The third-order valence-corrected chi connectivity index (χ3v) is 4.47. The first kappa shape index (κ1) is 19.4. The minimum absolute atomic E-state index is 0.213. The Kier molecular flexibility index (Phi) is 6.58. The number of rotatable bonds is 8. The highest BCUT2D eigenvalue weighted by atomic mass is 16.5. The van der Waals surface area contributed by atoms with Crippen LogP contribution in [0.3, 0.4) is 0 Å². The normalized spacial score (nSPS) is 12.6. The van der Waals surface area contributed by atoms with Crippen LogP contribution in [0.2, 0.25) is 0 Å². The molecule has 0 aromatic heterocycles. The van der Waals surface area contributed by atoms with Crippen LogP contribution in [0.4, 0.5) is 5.69 Å². The summed E-state index contributed by atoms with van der Waals surface area (Å²) >= 11 is 0. The minimum atomic E-state index is -1.01. The van der Waals surface area contributed by atoms with Crippen LogP contribution < -0.4 is 5.32 Å². The SMILES string of the molecule is CCOC(=O)C(C(=O)c1ccccc1)C(Nc1ccccc1)c1ccccc1. The molecule has 0 heterocycles. The van der Waals surface area contributed by atoms with Crippen molar-refractivity contribution in [2.24, 2.45) is 5.92 Å². The Labute approximate surface area is 165 Å². The molecule has 4 nitrogen and oxygen atoms in total. The van der Waals surface area contributed by atoms with Crippen LogP contribution in [-0.2, 0) is 9.53 Å². The summed E-state index contributed by atoms with van der Waals surface area (Å²) in [5.41, 5.74) is 2.15. The molecule has 0 spiro atoms. The number of para-hydroxylation sites is 1. The first-order chi connectivity index (χ1) is 13.7. The molecule has 2 atom stereocenters. The average Bonchev–Trinajstić information content (AvgIpc) is 2.75. The van der Waals surface area contributed by atoms with Crippen LogP contribution in [0, 0.1) is 5.92 Å². The number of hydrogen-bond acceptors (Lipinski definition) is 4. The van der Waals surface area contributed by atoms with Crippen molar-refractivity contribution < 1.29 is 14.3 Å². The summed E-state index contributed by atoms with van der Waals surface area (Å²) in [5, 5.41) is 3.36. The Balaban J connectivity index is 2.05. The molecule has 0 aliphatic carbocycles. The third-order valence-electron chi connectivity index (χ3n) is 4.47. The first-order valence-corrected chi connectivity index (χ1v) is 9.33. The molecule has 0 saturated heterocycles. The van der Waals surface area contributed by atoms with E-state index in [2.05, 4.69) is 5.32 Å². The molecule has 4 heteroatoms. The van der Waals surface area contributed by atoms with Crippen LogP contribution in [0.25, 0.3) is 0 Å². The Bertz CT molecular complexity index is 895. The average molecular weight is 373 g/mol. The number of hydrogen-bond donors (Lipinski definition) is 1. The molecule has 142 valence electrons. The van der Waals surface area contributed by atoms with Crippen molar-refractivity contribution in [2.75, 3.05) is 11.9 Å². The maximum atomic E-state index is 13.3. The number of carbonyl (C=O) groups is 2.